The predicted octanol–water partition coefficient (Wildman–Crippen LogP) is -0.952. The third-order valence-corrected chi connectivity index (χ3v) is 6.23. The zero-order valence-electron chi connectivity index (χ0n) is 23.6. The van der Waals surface area contributed by atoms with Crippen molar-refractivity contribution in [2.24, 2.45) is 4.99 Å². The molecule has 1 aromatic rings. The summed E-state index contributed by atoms with van der Waals surface area (Å²) in [4.78, 5) is 77.5. The van der Waals surface area contributed by atoms with E-state index in [1.54, 1.807) is 24.3 Å². The van der Waals surface area contributed by atoms with Gasteiger partial charge in [-0.15, -0.1) is 0 Å². The van der Waals surface area contributed by atoms with Gasteiger partial charge >= 0.3 is 35.8 Å². The molecule has 0 amide bonds. The van der Waals surface area contributed by atoms with Crippen LogP contribution >= 0.6 is 12.2 Å². The molecule has 242 valence electrons. The summed E-state index contributed by atoms with van der Waals surface area (Å²) in [7, 11) is 0. The van der Waals surface area contributed by atoms with Crippen LogP contribution in [0.15, 0.2) is 29.3 Å². The maximum absolute atomic E-state index is 11.9. The molecule has 0 spiro atoms. The normalized spacial score (nSPS) is 11.8. The molecule has 18 heteroatoms. The smallest absolute Gasteiger partial charge is 0.317 e. The summed E-state index contributed by atoms with van der Waals surface area (Å²) in [5.41, 5.74) is 1.19. The van der Waals surface area contributed by atoms with E-state index in [0.29, 0.717) is 11.3 Å². The molecule has 0 aromatic heterocycles. The van der Waals surface area contributed by atoms with Crippen LogP contribution in [0.2, 0.25) is 0 Å². The van der Waals surface area contributed by atoms with Crippen LogP contribution in [0.3, 0.4) is 0 Å². The molecule has 6 N–H and O–H groups in total. The third kappa shape index (κ3) is 17.0. The van der Waals surface area contributed by atoms with Gasteiger partial charge in [0.25, 0.3) is 0 Å². The Kier molecular flexibility index (Phi) is 17.0. The number of rotatable bonds is 24. The number of carbonyl (C=O) groups is 6. The van der Waals surface area contributed by atoms with Gasteiger partial charge in [-0.25, -0.2) is 0 Å². The lowest BCUT2D eigenvalue weighted by Crippen LogP contribution is -2.52. The highest BCUT2D eigenvalue weighted by Crippen LogP contribution is 2.17. The van der Waals surface area contributed by atoms with Crippen molar-refractivity contribution in [3.63, 3.8) is 0 Å². The zero-order valence-corrected chi connectivity index (χ0v) is 24.5. The third-order valence-electron chi connectivity index (χ3n) is 6.14. The molecule has 1 aromatic carbocycles. The molecular formula is C26H35N5O12S. The monoisotopic (exact) mass is 641 g/mol. The average Bonchev–Trinajstić information content (AvgIpc) is 2.88. The van der Waals surface area contributed by atoms with Crippen molar-refractivity contribution >= 4 is 58.9 Å². The van der Waals surface area contributed by atoms with E-state index in [4.69, 9.17) is 10.2 Å². The van der Waals surface area contributed by atoms with Gasteiger partial charge in [0.05, 0.1) is 50.1 Å². The molecule has 0 bridgehead atoms. The number of carboxylic acid groups (broad SMARTS) is 6. The number of thiocarbonyl (C=S) groups is 1. The Bertz CT molecular complexity index is 1180. The van der Waals surface area contributed by atoms with Gasteiger partial charge in [-0.2, -0.15) is 4.99 Å². The van der Waals surface area contributed by atoms with Gasteiger partial charge in [-0.05, 0) is 36.3 Å². The highest BCUT2D eigenvalue weighted by molar-refractivity contribution is 7.78. The lowest BCUT2D eigenvalue weighted by Gasteiger charge is -2.36. The van der Waals surface area contributed by atoms with Gasteiger partial charge < -0.3 is 30.6 Å². The number of aliphatic imine (C=N–C) groups is 1. The summed E-state index contributed by atoms with van der Waals surface area (Å²) in [5.74, 6) is -7.63. The summed E-state index contributed by atoms with van der Waals surface area (Å²) in [6.07, 6.45) is 0.164. The fourth-order valence-electron chi connectivity index (χ4n) is 4.38. The molecule has 0 aliphatic carbocycles. The molecule has 0 aliphatic rings. The van der Waals surface area contributed by atoms with Crippen molar-refractivity contribution in [2.45, 2.75) is 12.5 Å². The first-order valence-electron chi connectivity index (χ1n) is 13.1. The van der Waals surface area contributed by atoms with Crippen molar-refractivity contribution in [3.05, 3.63) is 29.8 Å². The number of hydrogen-bond donors (Lipinski definition) is 6. The number of hydrogen-bond acceptors (Lipinski definition) is 12. The first kappa shape index (κ1) is 37.7. The number of nitrogens with zero attached hydrogens (tertiary/aromatic N) is 5. The molecule has 1 atom stereocenters. The first-order valence-corrected chi connectivity index (χ1v) is 13.5. The second kappa shape index (κ2) is 19.8. The lowest BCUT2D eigenvalue weighted by molar-refractivity contribution is -0.144. The van der Waals surface area contributed by atoms with E-state index in [1.807, 2.05) is 0 Å². The van der Waals surface area contributed by atoms with Crippen LogP contribution in [0.5, 0.6) is 0 Å². The summed E-state index contributed by atoms with van der Waals surface area (Å²) < 4.78 is 0. The predicted molar refractivity (Wildman–Crippen MR) is 155 cm³/mol. The van der Waals surface area contributed by atoms with Crippen molar-refractivity contribution in [1.29, 1.82) is 0 Å². The van der Waals surface area contributed by atoms with Crippen LogP contribution < -0.4 is 0 Å². The highest BCUT2D eigenvalue weighted by Gasteiger charge is 2.27. The van der Waals surface area contributed by atoms with E-state index < -0.39 is 81.1 Å². The van der Waals surface area contributed by atoms with Crippen molar-refractivity contribution in [3.8, 4) is 0 Å². The fourth-order valence-corrected chi connectivity index (χ4v) is 4.48. The van der Waals surface area contributed by atoms with Gasteiger partial charge in [-0.1, -0.05) is 12.1 Å². The molecule has 0 heterocycles. The molecule has 17 nitrogen and oxygen atoms in total. The van der Waals surface area contributed by atoms with Crippen LogP contribution in [-0.2, 0) is 35.2 Å². The van der Waals surface area contributed by atoms with Gasteiger partial charge in [-0.3, -0.25) is 48.4 Å². The van der Waals surface area contributed by atoms with Crippen molar-refractivity contribution in [1.82, 2.24) is 19.6 Å². The standard InChI is InChI=1S/C26H35N5O12S/c32-21(33)11-28(5-6-29(12-22(34)35)13-23(36)37)10-20(9-18-1-3-19(4-2-18)27-17-44)31(16-26(42)43)8-7-30(14-24(38)39)15-25(40)41/h1-4,20H,5-16H2,(H,32,33)(H,34,35)(H,36,37)(H,38,39)(H,40,41)(H,42,43)/t20-/m0/s1. The van der Waals surface area contributed by atoms with E-state index in [0.717, 1.165) is 9.80 Å². The maximum Gasteiger partial charge on any atom is 0.317 e. The van der Waals surface area contributed by atoms with E-state index >= 15 is 0 Å². The minimum atomic E-state index is -1.29. The topological polar surface area (TPSA) is 249 Å². The zero-order chi connectivity index (χ0) is 33.2. The molecule has 0 aliphatic heterocycles. The Morgan fingerprint density at radius 3 is 1.41 bits per heavy atom. The van der Waals surface area contributed by atoms with Gasteiger partial charge in [0.15, 0.2) is 0 Å². The molecule has 0 fully saturated rings. The minimum Gasteiger partial charge on any atom is -0.480 e. The molecule has 1 rings (SSSR count). The molecule has 0 saturated carbocycles. The van der Waals surface area contributed by atoms with E-state index in [2.05, 4.69) is 22.4 Å². The summed E-state index contributed by atoms with van der Waals surface area (Å²) in [5, 5.41) is 58.1. The Morgan fingerprint density at radius 2 is 1.00 bits per heavy atom. The van der Waals surface area contributed by atoms with Gasteiger partial charge in [0, 0.05) is 38.8 Å². The highest BCUT2D eigenvalue weighted by atomic mass is 32.1. The van der Waals surface area contributed by atoms with E-state index in [9.17, 15) is 49.2 Å². The fraction of sp³-hybridized carbons (Fsp3) is 0.500. The second-order valence-corrected chi connectivity index (χ2v) is 9.90. The average molecular weight is 642 g/mol. The molecule has 44 heavy (non-hydrogen) atoms. The first-order chi connectivity index (χ1) is 20.7. The number of aliphatic carboxylic acids is 6. The molecule has 0 saturated heterocycles. The Hall–Kier alpha value is -4.32. The Morgan fingerprint density at radius 1 is 0.614 bits per heavy atom. The maximum atomic E-state index is 11.9. The van der Waals surface area contributed by atoms with Crippen LogP contribution in [0, 0.1) is 0 Å². The summed E-state index contributed by atoms with van der Waals surface area (Å²) in [6, 6.07) is 5.94. The van der Waals surface area contributed by atoms with Crippen LogP contribution in [0.1, 0.15) is 5.56 Å². The van der Waals surface area contributed by atoms with Gasteiger partial charge in [0.2, 0.25) is 0 Å². The number of isothiocyanates is 1. The molecular weight excluding hydrogens is 606 g/mol. The van der Waals surface area contributed by atoms with Crippen LogP contribution in [0.4, 0.5) is 5.69 Å². The van der Waals surface area contributed by atoms with Crippen molar-refractivity contribution in [2.75, 3.05) is 72.0 Å². The minimum absolute atomic E-state index is 0.0781. The SMILES string of the molecule is O=C(O)CN(CCN(CC(=O)O)C[C@H](Cc1ccc(N=C=S)cc1)N(CCN(CC(=O)O)CC(=O)O)CC(=O)O)CC(=O)O. The van der Waals surface area contributed by atoms with E-state index in [-0.39, 0.29) is 39.1 Å². The van der Waals surface area contributed by atoms with E-state index in [1.165, 1.54) is 9.80 Å². The second-order valence-electron chi connectivity index (χ2n) is 9.72. The number of carboxylic acids is 6. The molecule has 0 unspecified atom stereocenters. The number of benzene rings is 1. The quantitative estimate of drug-likeness (QED) is 0.0588. The summed E-state index contributed by atoms with van der Waals surface area (Å²) in [6.45, 7) is -4.10. The summed E-state index contributed by atoms with van der Waals surface area (Å²) >= 11 is 4.61. The van der Waals surface area contributed by atoms with Crippen LogP contribution in [-0.4, -0.2) is 169 Å². The Labute approximate surface area is 257 Å². The lowest BCUT2D eigenvalue weighted by atomic mass is 10.0. The van der Waals surface area contributed by atoms with Crippen molar-refractivity contribution < 1.29 is 59.4 Å². The van der Waals surface area contributed by atoms with Crippen LogP contribution in [0.25, 0.3) is 0 Å². The largest absolute Gasteiger partial charge is 0.480 e. The molecule has 0 radical (unpaired) electrons. The van der Waals surface area contributed by atoms with Gasteiger partial charge in [0.1, 0.15) is 0 Å². The Balaban J connectivity index is 3.40.